The van der Waals surface area contributed by atoms with Crippen LogP contribution in [0.4, 0.5) is 14.5 Å². The third kappa shape index (κ3) is 3.12. The SMILES string of the molecule is O=C(c1cccc(F)c1)N1CC2(CCN(CC3CC3)CC2)c2cc(F)ccc21. The number of fused-ring (bicyclic) bond motifs is 2. The molecule has 2 fully saturated rings. The lowest BCUT2D eigenvalue weighted by Crippen LogP contribution is -2.46. The average molecular weight is 382 g/mol. The van der Waals surface area contributed by atoms with Gasteiger partial charge in [-0.15, -0.1) is 0 Å². The highest BCUT2D eigenvalue weighted by atomic mass is 19.1. The van der Waals surface area contributed by atoms with E-state index in [-0.39, 0.29) is 17.1 Å². The molecule has 1 spiro atoms. The van der Waals surface area contributed by atoms with Gasteiger partial charge in [-0.25, -0.2) is 8.78 Å². The average Bonchev–Trinajstić information content (AvgIpc) is 3.46. The van der Waals surface area contributed by atoms with Gasteiger partial charge in [0.2, 0.25) is 0 Å². The lowest BCUT2D eigenvalue weighted by molar-refractivity contribution is 0.0975. The van der Waals surface area contributed by atoms with Gasteiger partial charge in [0.05, 0.1) is 0 Å². The number of likely N-dealkylation sites (tertiary alicyclic amines) is 1. The van der Waals surface area contributed by atoms with E-state index in [4.69, 9.17) is 0 Å². The number of piperidine rings is 1. The van der Waals surface area contributed by atoms with E-state index >= 15 is 0 Å². The normalized spacial score (nSPS) is 21.1. The van der Waals surface area contributed by atoms with E-state index in [1.54, 1.807) is 29.2 Å². The monoisotopic (exact) mass is 382 g/mol. The van der Waals surface area contributed by atoms with Crippen molar-refractivity contribution in [1.82, 2.24) is 4.90 Å². The summed E-state index contributed by atoms with van der Waals surface area (Å²) in [5.41, 5.74) is 1.83. The van der Waals surface area contributed by atoms with E-state index in [1.165, 1.54) is 31.0 Å². The van der Waals surface area contributed by atoms with Crippen molar-refractivity contribution in [3.63, 3.8) is 0 Å². The number of hydrogen-bond acceptors (Lipinski definition) is 2. The van der Waals surface area contributed by atoms with Gasteiger partial charge in [0.25, 0.3) is 5.91 Å². The second-order valence-corrected chi connectivity index (χ2v) is 8.59. The Morgan fingerprint density at radius 1 is 1.04 bits per heavy atom. The van der Waals surface area contributed by atoms with E-state index < -0.39 is 5.82 Å². The number of carbonyl (C=O) groups excluding carboxylic acids is 1. The Labute approximate surface area is 163 Å². The number of nitrogens with zero attached hydrogens (tertiary/aromatic N) is 2. The molecule has 5 rings (SSSR count). The minimum atomic E-state index is -0.424. The molecule has 0 bridgehead atoms. The zero-order chi connectivity index (χ0) is 19.3. The van der Waals surface area contributed by atoms with Gasteiger partial charge >= 0.3 is 0 Å². The van der Waals surface area contributed by atoms with Crippen LogP contribution in [-0.2, 0) is 5.41 Å². The number of amides is 1. The summed E-state index contributed by atoms with van der Waals surface area (Å²) in [4.78, 5) is 17.4. The van der Waals surface area contributed by atoms with Crippen LogP contribution >= 0.6 is 0 Å². The second-order valence-electron chi connectivity index (χ2n) is 8.59. The van der Waals surface area contributed by atoms with Crippen molar-refractivity contribution in [2.45, 2.75) is 31.1 Å². The van der Waals surface area contributed by atoms with Crippen molar-refractivity contribution >= 4 is 11.6 Å². The van der Waals surface area contributed by atoms with Crippen LogP contribution in [0.3, 0.4) is 0 Å². The third-order valence-corrected chi connectivity index (χ3v) is 6.62. The Kier molecular flexibility index (Phi) is 4.23. The Hall–Kier alpha value is -2.27. The standard InChI is InChI=1S/C23H24F2N2O/c24-18-3-1-2-17(12-18)22(28)27-15-23(20-13-19(25)6-7-21(20)27)8-10-26(11-9-23)14-16-4-5-16/h1-3,6-7,12-13,16H,4-5,8-11,14-15H2. The molecule has 1 aliphatic carbocycles. The molecule has 1 saturated carbocycles. The van der Waals surface area contributed by atoms with Gasteiger partial charge in [0.1, 0.15) is 11.6 Å². The van der Waals surface area contributed by atoms with Gasteiger partial charge in [-0.2, -0.15) is 0 Å². The molecule has 3 nitrogen and oxygen atoms in total. The van der Waals surface area contributed by atoms with Crippen molar-refractivity contribution in [3.8, 4) is 0 Å². The first-order chi connectivity index (χ1) is 13.5. The molecule has 0 aromatic heterocycles. The van der Waals surface area contributed by atoms with Crippen LogP contribution in [0.5, 0.6) is 0 Å². The molecule has 2 aromatic carbocycles. The summed E-state index contributed by atoms with van der Waals surface area (Å²) in [6.45, 7) is 3.67. The Morgan fingerprint density at radius 3 is 2.50 bits per heavy atom. The van der Waals surface area contributed by atoms with Gasteiger partial charge in [0.15, 0.2) is 0 Å². The summed E-state index contributed by atoms with van der Waals surface area (Å²) in [5.74, 6) is -0.0517. The number of benzene rings is 2. The highest BCUT2D eigenvalue weighted by Crippen LogP contribution is 2.48. The van der Waals surface area contributed by atoms with Crippen LogP contribution in [0.1, 0.15) is 41.6 Å². The topological polar surface area (TPSA) is 23.6 Å². The van der Waals surface area contributed by atoms with E-state index in [2.05, 4.69) is 4.90 Å². The Morgan fingerprint density at radius 2 is 1.79 bits per heavy atom. The van der Waals surface area contributed by atoms with Crippen LogP contribution in [0.25, 0.3) is 0 Å². The fourth-order valence-electron chi connectivity index (χ4n) is 4.86. The molecule has 0 radical (unpaired) electrons. The maximum atomic E-state index is 14.1. The molecule has 0 unspecified atom stereocenters. The summed E-state index contributed by atoms with van der Waals surface area (Å²) in [5, 5.41) is 0. The first-order valence-electron chi connectivity index (χ1n) is 10.1. The van der Waals surface area contributed by atoms with Crippen molar-refractivity contribution in [3.05, 3.63) is 65.2 Å². The maximum absolute atomic E-state index is 14.1. The zero-order valence-corrected chi connectivity index (χ0v) is 15.8. The molecular formula is C23H24F2N2O. The minimum absolute atomic E-state index is 0.208. The van der Waals surface area contributed by atoms with Gasteiger partial charge in [-0.05, 0) is 86.7 Å². The molecule has 1 saturated heterocycles. The van der Waals surface area contributed by atoms with Crippen LogP contribution in [-0.4, -0.2) is 37.0 Å². The second kappa shape index (κ2) is 6.66. The molecule has 2 aromatic rings. The van der Waals surface area contributed by atoms with E-state index in [1.807, 2.05) is 0 Å². The third-order valence-electron chi connectivity index (χ3n) is 6.62. The maximum Gasteiger partial charge on any atom is 0.258 e. The predicted octanol–water partition coefficient (Wildman–Crippen LogP) is 4.37. The largest absolute Gasteiger partial charge is 0.307 e. The summed E-state index contributed by atoms with van der Waals surface area (Å²) >= 11 is 0. The molecule has 1 amide bonds. The summed E-state index contributed by atoms with van der Waals surface area (Å²) in [6, 6.07) is 10.5. The fourth-order valence-corrected chi connectivity index (χ4v) is 4.86. The molecule has 2 aliphatic heterocycles. The quantitative estimate of drug-likeness (QED) is 0.787. The Bertz CT molecular complexity index is 917. The van der Waals surface area contributed by atoms with Crippen molar-refractivity contribution in [1.29, 1.82) is 0 Å². The van der Waals surface area contributed by atoms with Crippen molar-refractivity contribution < 1.29 is 13.6 Å². The van der Waals surface area contributed by atoms with E-state index in [9.17, 15) is 13.6 Å². The lowest BCUT2D eigenvalue weighted by atomic mass is 9.74. The van der Waals surface area contributed by atoms with Gasteiger partial charge in [-0.1, -0.05) is 6.07 Å². The molecule has 3 aliphatic rings. The molecule has 0 atom stereocenters. The number of carbonyl (C=O) groups is 1. The minimum Gasteiger partial charge on any atom is -0.307 e. The summed E-state index contributed by atoms with van der Waals surface area (Å²) in [7, 11) is 0. The van der Waals surface area contributed by atoms with Crippen LogP contribution in [0.15, 0.2) is 42.5 Å². The predicted molar refractivity (Wildman–Crippen MR) is 105 cm³/mol. The van der Waals surface area contributed by atoms with Crippen molar-refractivity contribution in [2.75, 3.05) is 31.1 Å². The number of rotatable bonds is 3. The lowest BCUT2D eigenvalue weighted by Gasteiger charge is -2.40. The van der Waals surface area contributed by atoms with Gasteiger partial charge in [0, 0.05) is 29.8 Å². The smallest absolute Gasteiger partial charge is 0.258 e. The highest BCUT2D eigenvalue weighted by Gasteiger charge is 2.47. The Balaban J connectivity index is 1.44. The number of anilines is 1. The van der Waals surface area contributed by atoms with Crippen LogP contribution in [0, 0.1) is 17.6 Å². The molecule has 0 N–H and O–H groups in total. The summed E-state index contributed by atoms with van der Waals surface area (Å²) < 4.78 is 27.7. The van der Waals surface area contributed by atoms with Crippen LogP contribution < -0.4 is 4.90 Å². The highest BCUT2D eigenvalue weighted by molar-refractivity contribution is 6.07. The molecule has 2 heterocycles. The van der Waals surface area contributed by atoms with Gasteiger partial charge in [-0.3, -0.25) is 4.79 Å². The molecule has 146 valence electrons. The molecule has 5 heteroatoms. The van der Waals surface area contributed by atoms with E-state index in [0.29, 0.717) is 12.1 Å². The fraction of sp³-hybridized carbons (Fsp3) is 0.435. The van der Waals surface area contributed by atoms with E-state index in [0.717, 1.165) is 49.6 Å². The molecular weight excluding hydrogens is 358 g/mol. The number of halogens is 2. The first-order valence-corrected chi connectivity index (χ1v) is 10.1. The van der Waals surface area contributed by atoms with Gasteiger partial charge < -0.3 is 9.80 Å². The van der Waals surface area contributed by atoms with Crippen molar-refractivity contribution in [2.24, 2.45) is 5.92 Å². The van der Waals surface area contributed by atoms with Crippen LogP contribution in [0.2, 0.25) is 0 Å². The zero-order valence-electron chi connectivity index (χ0n) is 15.8. The molecule has 28 heavy (non-hydrogen) atoms. The number of hydrogen-bond donors (Lipinski definition) is 0. The first kappa shape index (κ1) is 17.8. The summed E-state index contributed by atoms with van der Waals surface area (Å²) in [6.07, 6.45) is 4.52.